The Hall–Kier alpha value is -1.98. The molecule has 1 saturated carbocycles. The SMILES string of the molecule is COc1ccc2c(C#C[C@]3(O)C[C@H](C)CC[C@H]3C(C)C)cccc2c1. The van der Waals surface area contributed by atoms with Crippen LogP contribution in [0.4, 0.5) is 0 Å². The molecule has 0 radical (unpaired) electrons. The van der Waals surface area contributed by atoms with Crippen molar-refractivity contribution in [3.8, 4) is 17.6 Å². The van der Waals surface area contributed by atoms with Gasteiger partial charge in [-0.2, -0.15) is 0 Å². The maximum atomic E-state index is 11.3. The van der Waals surface area contributed by atoms with Gasteiger partial charge in [0.15, 0.2) is 0 Å². The second-order valence-electron chi connectivity index (χ2n) is 7.80. The van der Waals surface area contributed by atoms with Gasteiger partial charge in [-0.25, -0.2) is 0 Å². The quantitative estimate of drug-likeness (QED) is 0.780. The molecule has 3 atom stereocenters. The molecule has 0 aliphatic heterocycles. The molecule has 0 unspecified atom stereocenters. The van der Waals surface area contributed by atoms with E-state index in [1.807, 2.05) is 30.3 Å². The van der Waals surface area contributed by atoms with Crippen LogP contribution in [0.5, 0.6) is 5.75 Å². The molecule has 1 aliphatic carbocycles. The van der Waals surface area contributed by atoms with Crippen LogP contribution in [0.2, 0.25) is 0 Å². The molecule has 2 aromatic rings. The normalized spacial score (nSPS) is 26.3. The molecule has 2 heteroatoms. The second kappa shape index (κ2) is 7.10. The van der Waals surface area contributed by atoms with Crippen molar-refractivity contribution in [2.75, 3.05) is 7.11 Å². The number of methoxy groups -OCH3 is 1. The zero-order valence-electron chi connectivity index (χ0n) is 15.7. The summed E-state index contributed by atoms with van der Waals surface area (Å²) in [6, 6.07) is 12.1. The summed E-state index contributed by atoms with van der Waals surface area (Å²) in [7, 11) is 1.68. The third-order valence-electron chi connectivity index (χ3n) is 5.55. The Balaban J connectivity index is 2.00. The van der Waals surface area contributed by atoms with Crippen LogP contribution in [-0.2, 0) is 0 Å². The van der Waals surface area contributed by atoms with Crippen molar-refractivity contribution in [3.63, 3.8) is 0 Å². The first-order valence-corrected chi connectivity index (χ1v) is 9.25. The van der Waals surface area contributed by atoms with E-state index in [1.54, 1.807) is 7.11 Å². The molecule has 0 heterocycles. The highest BCUT2D eigenvalue weighted by atomic mass is 16.5. The van der Waals surface area contributed by atoms with E-state index >= 15 is 0 Å². The summed E-state index contributed by atoms with van der Waals surface area (Å²) in [5.41, 5.74) is 0.0785. The minimum atomic E-state index is -0.888. The molecule has 3 rings (SSSR count). The maximum absolute atomic E-state index is 11.3. The van der Waals surface area contributed by atoms with E-state index < -0.39 is 5.60 Å². The molecule has 1 N–H and O–H groups in total. The highest BCUT2D eigenvalue weighted by molar-refractivity contribution is 5.89. The lowest BCUT2D eigenvalue weighted by atomic mass is 9.67. The van der Waals surface area contributed by atoms with Crippen LogP contribution in [0.25, 0.3) is 10.8 Å². The van der Waals surface area contributed by atoms with Crippen molar-refractivity contribution < 1.29 is 9.84 Å². The summed E-state index contributed by atoms with van der Waals surface area (Å²) in [5, 5.41) is 13.5. The van der Waals surface area contributed by atoms with E-state index in [9.17, 15) is 5.11 Å². The molecule has 1 aliphatic rings. The predicted molar refractivity (Wildman–Crippen MR) is 104 cm³/mol. The first-order valence-electron chi connectivity index (χ1n) is 9.25. The van der Waals surface area contributed by atoms with Crippen molar-refractivity contribution in [2.45, 2.75) is 45.6 Å². The van der Waals surface area contributed by atoms with E-state index in [-0.39, 0.29) is 5.92 Å². The Labute approximate surface area is 151 Å². The lowest BCUT2D eigenvalue weighted by molar-refractivity contribution is -0.0326. The standard InChI is InChI=1S/C23H28O2/c1-16(2)22-11-8-17(3)15-23(22,24)13-12-18-6-5-7-19-14-20(25-4)9-10-21(18)19/h5-7,9-10,14,16-17,22,24H,8,11,15H2,1-4H3/t17-,22+,23+/m1/s1. The fraction of sp³-hybridized carbons (Fsp3) is 0.478. The van der Waals surface area contributed by atoms with Crippen molar-refractivity contribution in [1.82, 2.24) is 0 Å². The smallest absolute Gasteiger partial charge is 0.129 e. The lowest BCUT2D eigenvalue weighted by Gasteiger charge is -2.41. The molecule has 0 spiro atoms. The van der Waals surface area contributed by atoms with Gasteiger partial charge in [-0.1, -0.05) is 51.2 Å². The topological polar surface area (TPSA) is 29.5 Å². The second-order valence-corrected chi connectivity index (χ2v) is 7.80. The molecule has 0 bridgehead atoms. The Morgan fingerprint density at radius 3 is 2.72 bits per heavy atom. The number of fused-ring (bicyclic) bond motifs is 1. The summed E-state index contributed by atoms with van der Waals surface area (Å²) in [4.78, 5) is 0. The molecule has 2 nitrogen and oxygen atoms in total. The molecule has 0 amide bonds. The van der Waals surface area contributed by atoms with Gasteiger partial charge in [0, 0.05) is 11.5 Å². The summed E-state index contributed by atoms with van der Waals surface area (Å²) in [5.74, 6) is 8.61. The van der Waals surface area contributed by atoms with Crippen LogP contribution in [0.15, 0.2) is 36.4 Å². The third-order valence-corrected chi connectivity index (χ3v) is 5.55. The van der Waals surface area contributed by atoms with Crippen LogP contribution >= 0.6 is 0 Å². The van der Waals surface area contributed by atoms with Gasteiger partial charge < -0.3 is 9.84 Å². The van der Waals surface area contributed by atoms with Crippen molar-refractivity contribution in [2.24, 2.45) is 17.8 Å². The molecule has 132 valence electrons. The van der Waals surface area contributed by atoms with E-state index in [2.05, 4.69) is 38.7 Å². The summed E-state index contributed by atoms with van der Waals surface area (Å²) in [6.45, 7) is 6.60. The van der Waals surface area contributed by atoms with Gasteiger partial charge in [0.2, 0.25) is 0 Å². The number of rotatable bonds is 2. The molecule has 2 aromatic carbocycles. The lowest BCUT2D eigenvalue weighted by Crippen LogP contribution is -2.44. The Morgan fingerprint density at radius 1 is 1.20 bits per heavy atom. The minimum absolute atomic E-state index is 0.242. The molecule has 1 fully saturated rings. The average Bonchev–Trinajstić information content (AvgIpc) is 2.59. The third kappa shape index (κ3) is 3.67. The molecule has 0 aromatic heterocycles. The Bertz CT molecular complexity index is 812. The van der Waals surface area contributed by atoms with Gasteiger partial charge >= 0.3 is 0 Å². The first kappa shape index (κ1) is 17.8. The number of benzene rings is 2. The summed E-state index contributed by atoms with van der Waals surface area (Å²) in [6.07, 6.45) is 3.00. The van der Waals surface area contributed by atoms with E-state index in [0.717, 1.165) is 34.9 Å². The van der Waals surface area contributed by atoms with E-state index in [1.165, 1.54) is 6.42 Å². The molecule has 0 saturated heterocycles. The van der Waals surface area contributed by atoms with Gasteiger partial charge in [0.25, 0.3) is 0 Å². The zero-order valence-corrected chi connectivity index (χ0v) is 15.7. The highest BCUT2D eigenvalue weighted by Gasteiger charge is 2.41. The van der Waals surface area contributed by atoms with Gasteiger partial charge in [0.05, 0.1) is 7.11 Å². The van der Waals surface area contributed by atoms with Gasteiger partial charge in [-0.15, -0.1) is 0 Å². The molecular weight excluding hydrogens is 308 g/mol. The summed E-state index contributed by atoms with van der Waals surface area (Å²) < 4.78 is 5.31. The fourth-order valence-corrected chi connectivity index (χ4v) is 4.19. The van der Waals surface area contributed by atoms with Crippen molar-refractivity contribution in [3.05, 3.63) is 42.0 Å². The minimum Gasteiger partial charge on any atom is -0.497 e. The summed E-state index contributed by atoms with van der Waals surface area (Å²) >= 11 is 0. The number of hydrogen-bond donors (Lipinski definition) is 1. The number of aliphatic hydroxyl groups is 1. The number of hydrogen-bond acceptors (Lipinski definition) is 2. The number of ether oxygens (including phenoxy) is 1. The zero-order chi connectivity index (χ0) is 18.0. The maximum Gasteiger partial charge on any atom is 0.129 e. The van der Waals surface area contributed by atoms with Crippen molar-refractivity contribution >= 4 is 10.8 Å². The Morgan fingerprint density at radius 2 is 2.00 bits per heavy atom. The fourth-order valence-electron chi connectivity index (χ4n) is 4.19. The van der Waals surface area contributed by atoms with Gasteiger partial charge in [0.1, 0.15) is 11.4 Å². The van der Waals surface area contributed by atoms with Gasteiger partial charge in [-0.05, 0) is 59.7 Å². The predicted octanol–water partition coefficient (Wildman–Crippen LogP) is 5.02. The van der Waals surface area contributed by atoms with Crippen LogP contribution < -0.4 is 4.74 Å². The van der Waals surface area contributed by atoms with Crippen LogP contribution in [0.3, 0.4) is 0 Å². The van der Waals surface area contributed by atoms with E-state index in [0.29, 0.717) is 11.8 Å². The molecular formula is C23H28O2. The van der Waals surface area contributed by atoms with Crippen molar-refractivity contribution in [1.29, 1.82) is 0 Å². The van der Waals surface area contributed by atoms with Crippen LogP contribution in [0.1, 0.15) is 45.6 Å². The monoisotopic (exact) mass is 336 g/mol. The van der Waals surface area contributed by atoms with Crippen LogP contribution in [-0.4, -0.2) is 17.8 Å². The first-order chi connectivity index (χ1) is 11.9. The Kier molecular flexibility index (Phi) is 5.06. The highest BCUT2D eigenvalue weighted by Crippen LogP contribution is 2.40. The largest absolute Gasteiger partial charge is 0.497 e. The van der Waals surface area contributed by atoms with Gasteiger partial charge in [-0.3, -0.25) is 0 Å². The van der Waals surface area contributed by atoms with E-state index in [4.69, 9.17) is 4.74 Å². The molecule has 25 heavy (non-hydrogen) atoms. The average molecular weight is 336 g/mol. The van der Waals surface area contributed by atoms with Crippen LogP contribution in [0, 0.1) is 29.6 Å².